The minimum Gasteiger partial charge on any atom is -0.269 e. The lowest BCUT2D eigenvalue weighted by molar-refractivity contribution is -0.155. The van der Waals surface area contributed by atoms with Crippen molar-refractivity contribution in [3.8, 4) is 0 Å². The van der Waals surface area contributed by atoms with Crippen LogP contribution in [0.3, 0.4) is 0 Å². The molecular formula is C5H3F3N2O3. The average molecular weight is 196 g/mol. The zero-order valence-corrected chi connectivity index (χ0v) is 6.01. The van der Waals surface area contributed by atoms with E-state index in [2.05, 4.69) is 0 Å². The van der Waals surface area contributed by atoms with Crippen molar-refractivity contribution in [2.45, 2.75) is 6.18 Å². The first kappa shape index (κ1) is 9.49. The second kappa shape index (κ2) is 2.71. The van der Waals surface area contributed by atoms with Crippen LogP contribution in [0, 0.1) is 0 Å². The van der Waals surface area contributed by atoms with Crippen molar-refractivity contribution >= 4 is 17.8 Å². The van der Waals surface area contributed by atoms with Crippen LogP contribution in [-0.4, -0.2) is 35.5 Å². The van der Waals surface area contributed by atoms with Crippen LogP contribution >= 0.6 is 0 Å². The number of halogens is 3. The second-order valence-corrected chi connectivity index (χ2v) is 2.27. The van der Waals surface area contributed by atoms with Gasteiger partial charge >= 0.3 is 24.0 Å². The summed E-state index contributed by atoms with van der Waals surface area (Å²) in [5, 5.41) is 1.44. The van der Waals surface area contributed by atoms with Crippen molar-refractivity contribution < 1.29 is 27.6 Å². The lowest BCUT2D eigenvalue weighted by Gasteiger charge is -2.13. The molecule has 1 saturated heterocycles. The van der Waals surface area contributed by atoms with Gasteiger partial charge in [0.1, 0.15) is 6.54 Å². The van der Waals surface area contributed by atoms with E-state index in [4.69, 9.17) is 0 Å². The molecule has 0 saturated carbocycles. The number of hydrogen-bond acceptors (Lipinski definition) is 3. The summed E-state index contributed by atoms with van der Waals surface area (Å²) in [6.07, 6.45) is -4.70. The molecule has 4 amide bonds. The van der Waals surface area contributed by atoms with Crippen molar-refractivity contribution in [2.75, 3.05) is 6.54 Å². The highest BCUT2D eigenvalue weighted by Crippen LogP contribution is 2.17. The maximum atomic E-state index is 11.7. The largest absolute Gasteiger partial charge is 0.406 e. The minimum atomic E-state index is -4.70. The second-order valence-electron chi connectivity index (χ2n) is 2.27. The first-order valence-electron chi connectivity index (χ1n) is 3.05. The van der Waals surface area contributed by atoms with E-state index in [9.17, 15) is 27.6 Å². The molecule has 0 atom stereocenters. The molecule has 72 valence electrons. The summed E-state index contributed by atoms with van der Waals surface area (Å²) in [5.41, 5.74) is 0. The zero-order valence-electron chi connectivity index (χ0n) is 6.01. The predicted molar refractivity (Wildman–Crippen MR) is 31.3 cm³/mol. The van der Waals surface area contributed by atoms with Gasteiger partial charge in [0.25, 0.3) is 0 Å². The van der Waals surface area contributed by atoms with Crippen molar-refractivity contribution in [1.29, 1.82) is 0 Å². The van der Waals surface area contributed by atoms with E-state index in [1.54, 1.807) is 0 Å². The van der Waals surface area contributed by atoms with Crippen molar-refractivity contribution in [3.63, 3.8) is 0 Å². The van der Waals surface area contributed by atoms with Gasteiger partial charge in [0.05, 0.1) is 0 Å². The van der Waals surface area contributed by atoms with Crippen molar-refractivity contribution in [3.05, 3.63) is 0 Å². The number of imide groups is 2. The molecule has 0 radical (unpaired) electrons. The number of amides is 4. The van der Waals surface area contributed by atoms with Crippen LogP contribution < -0.4 is 5.32 Å². The molecule has 8 heteroatoms. The molecule has 0 unspecified atom stereocenters. The van der Waals surface area contributed by atoms with Gasteiger partial charge in [-0.15, -0.1) is 0 Å². The van der Waals surface area contributed by atoms with E-state index >= 15 is 0 Å². The van der Waals surface area contributed by atoms with Crippen molar-refractivity contribution in [1.82, 2.24) is 10.2 Å². The fourth-order valence-electron chi connectivity index (χ4n) is 0.756. The summed E-state index contributed by atoms with van der Waals surface area (Å²) in [4.78, 5) is 31.3. The third-order valence-electron chi connectivity index (χ3n) is 1.24. The summed E-state index contributed by atoms with van der Waals surface area (Å²) in [5.74, 6) is -2.82. The molecule has 0 aromatic carbocycles. The molecule has 1 rings (SSSR count). The summed E-state index contributed by atoms with van der Waals surface area (Å²) in [6, 6.07) is -1.34. The van der Waals surface area contributed by atoms with Gasteiger partial charge in [0.2, 0.25) is 0 Å². The first-order chi connectivity index (χ1) is 5.81. The number of urea groups is 1. The molecule has 0 aromatic heterocycles. The summed E-state index contributed by atoms with van der Waals surface area (Å²) in [7, 11) is 0. The lowest BCUT2D eigenvalue weighted by Crippen LogP contribution is -2.39. The van der Waals surface area contributed by atoms with Gasteiger partial charge in [0, 0.05) is 0 Å². The number of nitrogens with one attached hydrogen (secondary N) is 1. The van der Waals surface area contributed by atoms with E-state index in [-0.39, 0.29) is 4.90 Å². The Kier molecular flexibility index (Phi) is 1.98. The normalized spacial score (nSPS) is 18.1. The van der Waals surface area contributed by atoms with Crippen LogP contribution in [0.5, 0.6) is 0 Å². The van der Waals surface area contributed by atoms with Crippen LogP contribution in [-0.2, 0) is 9.59 Å². The highest BCUT2D eigenvalue weighted by molar-refractivity contribution is 6.44. The van der Waals surface area contributed by atoms with Crippen molar-refractivity contribution in [2.24, 2.45) is 0 Å². The summed E-state index contributed by atoms with van der Waals surface area (Å²) < 4.78 is 35.1. The zero-order chi connectivity index (χ0) is 10.2. The molecule has 1 aliphatic rings. The Balaban J connectivity index is 2.76. The van der Waals surface area contributed by atoms with Gasteiger partial charge < -0.3 is 0 Å². The van der Waals surface area contributed by atoms with E-state index in [0.717, 1.165) is 0 Å². The molecular weight excluding hydrogens is 193 g/mol. The van der Waals surface area contributed by atoms with Crippen LogP contribution in [0.15, 0.2) is 0 Å². The number of alkyl halides is 3. The van der Waals surface area contributed by atoms with Crippen LogP contribution in [0.1, 0.15) is 0 Å². The topological polar surface area (TPSA) is 66.5 Å². The van der Waals surface area contributed by atoms with E-state index in [0.29, 0.717) is 0 Å². The monoisotopic (exact) mass is 196 g/mol. The van der Waals surface area contributed by atoms with E-state index in [1.165, 1.54) is 5.32 Å². The Bertz CT molecular complexity index is 285. The molecule has 0 spiro atoms. The molecule has 1 fully saturated rings. The number of hydrogen-bond donors (Lipinski definition) is 1. The Hall–Kier alpha value is -1.60. The molecule has 13 heavy (non-hydrogen) atoms. The maximum Gasteiger partial charge on any atom is 0.406 e. The van der Waals surface area contributed by atoms with Gasteiger partial charge in [-0.3, -0.25) is 14.9 Å². The van der Waals surface area contributed by atoms with E-state index in [1.807, 2.05) is 0 Å². The number of nitrogens with zero attached hydrogens (tertiary/aromatic N) is 1. The third kappa shape index (κ3) is 1.95. The average Bonchev–Trinajstić information content (AvgIpc) is 2.14. The molecule has 0 aliphatic carbocycles. The number of carbonyl (C=O) groups excluding carboxylic acids is 3. The minimum absolute atomic E-state index is 0.192. The fraction of sp³-hybridized carbons (Fsp3) is 0.400. The number of rotatable bonds is 1. The standard InChI is InChI=1S/C5H3F3N2O3/c6-5(7,8)1-10-3(12)2(11)9-4(10)13/h1H2,(H,9,11,13). The van der Waals surface area contributed by atoms with Gasteiger partial charge in [-0.1, -0.05) is 0 Å². The quantitative estimate of drug-likeness (QED) is 0.459. The molecule has 0 aromatic rings. The Labute approximate surface area is 69.5 Å². The van der Waals surface area contributed by atoms with Crippen LogP contribution in [0.2, 0.25) is 0 Å². The highest BCUT2D eigenvalue weighted by Gasteiger charge is 2.43. The smallest absolute Gasteiger partial charge is 0.269 e. The Morgan fingerprint density at radius 1 is 1.23 bits per heavy atom. The summed E-state index contributed by atoms with van der Waals surface area (Å²) in [6.45, 7) is -1.75. The van der Waals surface area contributed by atoms with Gasteiger partial charge in [0.15, 0.2) is 0 Å². The Morgan fingerprint density at radius 3 is 2.08 bits per heavy atom. The van der Waals surface area contributed by atoms with E-state index < -0.39 is 30.6 Å². The first-order valence-corrected chi connectivity index (χ1v) is 3.05. The third-order valence-corrected chi connectivity index (χ3v) is 1.24. The SMILES string of the molecule is O=C1NC(=O)N(CC(F)(F)F)C1=O. The fourth-order valence-corrected chi connectivity index (χ4v) is 0.756. The molecule has 1 heterocycles. The lowest BCUT2D eigenvalue weighted by atomic mass is 10.5. The van der Waals surface area contributed by atoms with Gasteiger partial charge in [-0.25, -0.2) is 9.69 Å². The van der Waals surface area contributed by atoms with Gasteiger partial charge in [-0.2, -0.15) is 13.2 Å². The molecule has 5 nitrogen and oxygen atoms in total. The molecule has 0 bridgehead atoms. The van der Waals surface area contributed by atoms with Crippen LogP contribution in [0.4, 0.5) is 18.0 Å². The van der Waals surface area contributed by atoms with Gasteiger partial charge in [-0.05, 0) is 0 Å². The van der Waals surface area contributed by atoms with Crippen LogP contribution in [0.25, 0.3) is 0 Å². The Morgan fingerprint density at radius 2 is 1.77 bits per heavy atom. The summed E-state index contributed by atoms with van der Waals surface area (Å²) >= 11 is 0. The molecule has 1 N–H and O–H groups in total. The highest BCUT2D eigenvalue weighted by atomic mass is 19.4. The number of carbonyl (C=O) groups is 3. The predicted octanol–water partition coefficient (Wildman–Crippen LogP) is -0.373. The maximum absolute atomic E-state index is 11.7. The molecule has 1 aliphatic heterocycles.